The summed E-state index contributed by atoms with van der Waals surface area (Å²) in [5, 5.41) is 3.32. The van der Waals surface area contributed by atoms with Crippen molar-refractivity contribution in [1.82, 2.24) is 0 Å². The van der Waals surface area contributed by atoms with E-state index in [9.17, 15) is 8.42 Å². The normalized spacial score (nSPS) is 11.8. The molecular formula is C18H25N3O2S2. The maximum atomic E-state index is 11.2. The molecule has 2 aromatic carbocycles. The van der Waals surface area contributed by atoms with Crippen LogP contribution in [0.3, 0.4) is 0 Å². The van der Waals surface area contributed by atoms with E-state index in [1.165, 1.54) is 5.56 Å². The lowest BCUT2D eigenvalue weighted by Gasteiger charge is -2.18. The lowest BCUT2D eigenvalue weighted by atomic mass is 10.2. The molecule has 0 heterocycles. The van der Waals surface area contributed by atoms with Crippen LogP contribution in [0.1, 0.15) is 26.3 Å². The highest BCUT2D eigenvalue weighted by molar-refractivity contribution is 8.01. The third-order valence-corrected chi connectivity index (χ3v) is 4.67. The van der Waals surface area contributed by atoms with Gasteiger partial charge in [0.15, 0.2) is 0 Å². The van der Waals surface area contributed by atoms with Crippen LogP contribution in [0.4, 0.5) is 17.1 Å². The fourth-order valence-corrected chi connectivity index (χ4v) is 3.10. The zero-order chi connectivity index (χ0) is 18.5. The van der Waals surface area contributed by atoms with E-state index in [4.69, 9.17) is 0 Å². The number of rotatable bonds is 7. The number of anilines is 3. The Morgan fingerprint density at radius 3 is 1.92 bits per heavy atom. The summed E-state index contributed by atoms with van der Waals surface area (Å²) < 4.78 is 28.3. The zero-order valence-electron chi connectivity index (χ0n) is 15.0. The summed E-state index contributed by atoms with van der Waals surface area (Å²) in [7, 11) is -3.24. The number of nitrogens with one attached hydrogen (secondary N) is 3. The number of hydrogen-bond donors (Lipinski definition) is 3. The third-order valence-electron chi connectivity index (χ3n) is 3.11. The summed E-state index contributed by atoms with van der Waals surface area (Å²) in [6.45, 7) is 7.20. The van der Waals surface area contributed by atoms with E-state index in [1.54, 1.807) is 24.1 Å². The van der Waals surface area contributed by atoms with Crippen LogP contribution < -0.4 is 14.8 Å². The first-order valence-electron chi connectivity index (χ1n) is 7.95. The molecular weight excluding hydrogens is 354 g/mol. The second-order valence-electron chi connectivity index (χ2n) is 6.82. The number of sulfonamides is 1. The highest BCUT2D eigenvalue weighted by Crippen LogP contribution is 2.25. The predicted octanol–water partition coefficient (Wildman–Crippen LogP) is 4.53. The molecule has 0 saturated carbocycles. The summed E-state index contributed by atoms with van der Waals surface area (Å²) in [6, 6.07) is 15.5. The van der Waals surface area contributed by atoms with Crippen molar-refractivity contribution in [3.63, 3.8) is 0 Å². The van der Waals surface area contributed by atoms with Crippen LogP contribution >= 0.6 is 11.9 Å². The molecule has 25 heavy (non-hydrogen) atoms. The van der Waals surface area contributed by atoms with E-state index in [1.807, 2.05) is 12.1 Å². The SMILES string of the molecule is CC(C)(C)SNc1ccc(CNc2ccc(NS(C)(=O)=O)cc2)cc1. The monoisotopic (exact) mass is 379 g/mol. The average Bonchev–Trinajstić information content (AvgIpc) is 2.51. The summed E-state index contributed by atoms with van der Waals surface area (Å²) in [6.07, 6.45) is 1.14. The summed E-state index contributed by atoms with van der Waals surface area (Å²) in [5.41, 5.74) is 3.74. The molecule has 0 fully saturated rings. The van der Waals surface area contributed by atoms with Gasteiger partial charge in [0.25, 0.3) is 0 Å². The van der Waals surface area contributed by atoms with Gasteiger partial charge in [-0.05, 0) is 74.7 Å². The molecule has 5 nitrogen and oxygen atoms in total. The van der Waals surface area contributed by atoms with Gasteiger partial charge in [0.2, 0.25) is 10.0 Å². The van der Waals surface area contributed by atoms with E-state index in [2.05, 4.69) is 59.8 Å². The van der Waals surface area contributed by atoms with Crippen LogP contribution in [0.2, 0.25) is 0 Å². The van der Waals surface area contributed by atoms with Gasteiger partial charge < -0.3 is 10.0 Å². The van der Waals surface area contributed by atoms with Crippen LogP contribution in [0, 0.1) is 0 Å². The molecule has 0 radical (unpaired) electrons. The second kappa shape index (κ2) is 8.01. The molecule has 2 rings (SSSR count). The zero-order valence-corrected chi connectivity index (χ0v) is 16.6. The fraction of sp³-hybridized carbons (Fsp3) is 0.333. The molecule has 0 unspecified atom stereocenters. The molecule has 0 aliphatic carbocycles. The lowest BCUT2D eigenvalue weighted by molar-refractivity contribution is 0.607. The minimum absolute atomic E-state index is 0.165. The fourth-order valence-electron chi connectivity index (χ4n) is 1.98. The first-order valence-corrected chi connectivity index (χ1v) is 10.7. The first-order chi connectivity index (χ1) is 11.6. The maximum Gasteiger partial charge on any atom is 0.229 e. The highest BCUT2D eigenvalue weighted by atomic mass is 32.2. The average molecular weight is 380 g/mol. The Hall–Kier alpha value is -1.86. The van der Waals surface area contributed by atoms with Gasteiger partial charge in [-0.15, -0.1) is 0 Å². The Labute approximate surface area is 154 Å². The molecule has 0 saturated heterocycles. The number of hydrogen-bond acceptors (Lipinski definition) is 5. The van der Waals surface area contributed by atoms with Gasteiger partial charge in [-0.1, -0.05) is 12.1 Å². The van der Waals surface area contributed by atoms with Gasteiger partial charge in [0.05, 0.1) is 6.26 Å². The van der Waals surface area contributed by atoms with Gasteiger partial charge in [0, 0.05) is 28.4 Å². The van der Waals surface area contributed by atoms with Crippen LogP contribution in [-0.4, -0.2) is 19.4 Å². The Balaban J connectivity index is 1.86. The molecule has 0 aliphatic heterocycles. The summed E-state index contributed by atoms with van der Waals surface area (Å²) in [5.74, 6) is 0. The third kappa shape index (κ3) is 7.70. The predicted molar refractivity (Wildman–Crippen MR) is 110 cm³/mol. The van der Waals surface area contributed by atoms with Gasteiger partial charge in [0.1, 0.15) is 0 Å². The van der Waals surface area contributed by atoms with Gasteiger partial charge in [-0.25, -0.2) is 8.42 Å². The van der Waals surface area contributed by atoms with E-state index >= 15 is 0 Å². The first kappa shape index (κ1) is 19.5. The van der Waals surface area contributed by atoms with Crippen molar-refractivity contribution in [2.45, 2.75) is 32.1 Å². The van der Waals surface area contributed by atoms with Crippen LogP contribution in [-0.2, 0) is 16.6 Å². The van der Waals surface area contributed by atoms with Crippen LogP contribution in [0.25, 0.3) is 0 Å². The Kier molecular flexibility index (Phi) is 6.24. The maximum absolute atomic E-state index is 11.2. The molecule has 0 spiro atoms. The van der Waals surface area contributed by atoms with Gasteiger partial charge in [-0.3, -0.25) is 4.72 Å². The van der Waals surface area contributed by atoms with Crippen molar-refractivity contribution >= 4 is 39.0 Å². The van der Waals surface area contributed by atoms with Gasteiger partial charge in [-0.2, -0.15) is 0 Å². The lowest BCUT2D eigenvalue weighted by Crippen LogP contribution is -2.10. The quantitative estimate of drug-likeness (QED) is 0.617. The van der Waals surface area contributed by atoms with E-state index in [-0.39, 0.29) is 4.75 Å². The summed E-state index contributed by atoms with van der Waals surface area (Å²) in [4.78, 5) is 0. The number of benzene rings is 2. The minimum Gasteiger partial charge on any atom is -0.381 e. The topological polar surface area (TPSA) is 70.2 Å². The molecule has 0 atom stereocenters. The van der Waals surface area contributed by atoms with E-state index < -0.39 is 10.0 Å². The molecule has 7 heteroatoms. The molecule has 0 aromatic heterocycles. The smallest absolute Gasteiger partial charge is 0.229 e. The van der Waals surface area contributed by atoms with Crippen molar-refractivity contribution in [3.05, 3.63) is 54.1 Å². The Morgan fingerprint density at radius 1 is 0.880 bits per heavy atom. The second-order valence-corrected chi connectivity index (χ2v) is 10.2. The molecule has 136 valence electrons. The Morgan fingerprint density at radius 2 is 1.40 bits per heavy atom. The molecule has 2 aromatic rings. The highest BCUT2D eigenvalue weighted by Gasteiger charge is 2.10. The molecule has 0 aliphatic rings. The van der Waals surface area contributed by atoms with Crippen molar-refractivity contribution in [3.8, 4) is 0 Å². The molecule has 0 bridgehead atoms. The molecule has 0 amide bonds. The van der Waals surface area contributed by atoms with Crippen molar-refractivity contribution in [2.75, 3.05) is 21.0 Å². The van der Waals surface area contributed by atoms with Crippen molar-refractivity contribution in [2.24, 2.45) is 0 Å². The largest absolute Gasteiger partial charge is 0.381 e. The minimum atomic E-state index is -3.24. The van der Waals surface area contributed by atoms with Gasteiger partial charge >= 0.3 is 0 Å². The van der Waals surface area contributed by atoms with E-state index in [0.29, 0.717) is 12.2 Å². The Bertz CT molecular complexity index is 781. The van der Waals surface area contributed by atoms with E-state index in [0.717, 1.165) is 17.6 Å². The van der Waals surface area contributed by atoms with Crippen molar-refractivity contribution < 1.29 is 8.42 Å². The molecule has 3 N–H and O–H groups in total. The van der Waals surface area contributed by atoms with Crippen LogP contribution in [0.15, 0.2) is 48.5 Å². The van der Waals surface area contributed by atoms with Crippen LogP contribution in [0.5, 0.6) is 0 Å². The standard InChI is InChI=1S/C18H25N3O2S2/c1-18(2,3)24-20-16-7-5-14(6-8-16)13-19-15-9-11-17(12-10-15)21-25(4,22)23/h5-12,19-21H,13H2,1-4H3. The summed E-state index contributed by atoms with van der Waals surface area (Å²) >= 11 is 1.69. The van der Waals surface area contributed by atoms with Crippen molar-refractivity contribution in [1.29, 1.82) is 0 Å².